The average Bonchev–Trinajstić information content (AvgIpc) is 3.23. The van der Waals surface area contributed by atoms with E-state index >= 15 is 0 Å². The highest BCUT2D eigenvalue weighted by molar-refractivity contribution is 6.30. The second kappa shape index (κ2) is 7.28. The van der Waals surface area contributed by atoms with Crippen molar-refractivity contribution in [3.63, 3.8) is 0 Å². The molecule has 2 atom stereocenters. The van der Waals surface area contributed by atoms with Crippen LogP contribution in [0.15, 0.2) is 24.3 Å². The minimum Gasteiger partial charge on any atom is -0.464 e. The molecule has 1 aliphatic rings. The summed E-state index contributed by atoms with van der Waals surface area (Å²) in [6.07, 6.45) is 3.85. The van der Waals surface area contributed by atoms with Crippen LogP contribution in [0.5, 0.6) is 0 Å². The Kier molecular flexibility index (Phi) is 5.65. The summed E-state index contributed by atoms with van der Waals surface area (Å²) in [5, 5.41) is 0.772. The van der Waals surface area contributed by atoms with Crippen LogP contribution in [0.1, 0.15) is 38.7 Å². The lowest BCUT2D eigenvalue weighted by Gasteiger charge is -2.14. The highest BCUT2D eigenvalue weighted by Crippen LogP contribution is 2.35. The highest BCUT2D eigenvalue weighted by atomic mass is 35.5. The third kappa shape index (κ3) is 4.72. The lowest BCUT2D eigenvalue weighted by Crippen LogP contribution is -2.27. The summed E-state index contributed by atoms with van der Waals surface area (Å²) >= 11 is 5.89. The van der Waals surface area contributed by atoms with Crippen LogP contribution < -0.4 is 0 Å². The lowest BCUT2D eigenvalue weighted by atomic mass is 9.93. The van der Waals surface area contributed by atoms with E-state index in [9.17, 15) is 4.79 Å². The zero-order valence-corrected chi connectivity index (χ0v) is 13.5. The minimum atomic E-state index is -0.629. The Morgan fingerprint density at radius 2 is 2.10 bits per heavy atom. The summed E-state index contributed by atoms with van der Waals surface area (Å²) in [5.74, 6) is 0.375. The molecular formula is C17H23ClO3. The molecule has 2 rings (SSSR count). The van der Waals surface area contributed by atoms with E-state index in [-0.39, 0.29) is 5.97 Å². The van der Waals surface area contributed by atoms with Crippen molar-refractivity contribution in [1.29, 1.82) is 0 Å². The molecule has 1 fully saturated rings. The Morgan fingerprint density at radius 1 is 1.43 bits per heavy atom. The first-order valence-electron chi connectivity index (χ1n) is 7.61. The fourth-order valence-electron chi connectivity index (χ4n) is 2.57. The first-order chi connectivity index (χ1) is 10.1. The predicted octanol–water partition coefficient (Wildman–Crippen LogP) is 4.02. The van der Waals surface area contributed by atoms with Crippen LogP contribution in [-0.2, 0) is 20.7 Å². The fraction of sp³-hybridized carbons (Fsp3) is 0.588. The Morgan fingerprint density at radius 3 is 2.67 bits per heavy atom. The molecule has 2 unspecified atom stereocenters. The van der Waals surface area contributed by atoms with Gasteiger partial charge < -0.3 is 9.47 Å². The molecule has 0 spiro atoms. The van der Waals surface area contributed by atoms with Crippen LogP contribution >= 0.6 is 11.6 Å². The van der Waals surface area contributed by atoms with Gasteiger partial charge in [-0.2, -0.15) is 0 Å². The van der Waals surface area contributed by atoms with Gasteiger partial charge in [-0.3, -0.25) is 0 Å². The van der Waals surface area contributed by atoms with Gasteiger partial charge in [0.15, 0.2) is 5.60 Å². The molecule has 1 aromatic rings. The van der Waals surface area contributed by atoms with Gasteiger partial charge in [-0.15, -0.1) is 0 Å². The lowest BCUT2D eigenvalue weighted by molar-refractivity contribution is -0.149. The average molecular weight is 311 g/mol. The quantitative estimate of drug-likeness (QED) is 0.537. The van der Waals surface area contributed by atoms with Crippen molar-refractivity contribution in [2.75, 3.05) is 13.2 Å². The Hall–Kier alpha value is -1.06. The van der Waals surface area contributed by atoms with Gasteiger partial charge >= 0.3 is 5.97 Å². The number of esters is 1. The summed E-state index contributed by atoms with van der Waals surface area (Å²) < 4.78 is 10.4. The first-order valence-corrected chi connectivity index (χ1v) is 7.99. The van der Waals surface area contributed by atoms with Crippen molar-refractivity contribution in [3.05, 3.63) is 34.9 Å². The highest BCUT2D eigenvalue weighted by Gasteiger charge is 2.52. The third-order valence-corrected chi connectivity index (χ3v) is 4.17. The van der Waals surface area contributed by atoms with Crippen LogP contribution in [-0.4, -0.2) is 24.8 Å². The van der Waals surface area contributed by atoms with Gasteiger partial charge in [0, 0.05) is 5.02 Å². The molecule has 0 amide bonds. The zero-order valence-electron chi connectivity index (χ0n) is 12.7. The summed E-state index contributed by atoms with van der Waals surface area (Å²) in [5.41, 5.74) is 0.672. The van der Waals surface area contributed by atoms with E-state index in [2.05, 4.69) is 19.1 Å². The predicted molar refractivity (Wildman–Crippen MR) is 83.5 cm³/mol. The van der Waals surface area contributed by atoms with Gasteiger partial charge in [0.2, 0.25) is 0 Å². The molecule has 0 aromatic heterocycles. The molecule has 0 radical (unpaired) electrons. The number of halogens is 1. The Bertz CT molecular complexity index is 465. The van der Waals surface area contributed by atoms with E-state index in [1.165, 1.54) is 5.56 Å². The van der Waals surface area contributed by atoms with Gasteiger partial charge in [-0.05, 0) is 49.8 Å². The number of epoxide rings is 1. The maximum absolute atomic E-state index is 11.8. The molecule has 0 aliphatic carbocycles. The molecule has 4 heteroatoms. The van der Waals surface area contributed by atoms with Gasteiger partial charge in [-0.1, -0.05) is 37.1 Å². The van der Waals surface area contributed by atoms with Gasteiger partial charge in [0.25, 0.3) is 0 Å². The topological polar surface area (TPSA) is 38.8 Å². The maximum Gasteiger partial charge on any atom is 0.340 e. The number of ether oxygens (including phenoxy) is 2. The van der Waals surface area contributed by atoms with E-state index in [0.717, 1.165) is 30.7 Å². The van der Waals surface area contributed by atoms with Crippen molar-refractivity contribution in [1.82, 2.24) is 0 Å². The summed E-state index contributed by atoms with van der Waals surface area (Å²) in [7, 11) is 0. The minimum absolute atomic E-state index is 0.199. The number of hydrogen-bond donors (Lipinski definition) is 0. The van der Waals surface area contributed by atoms with Crippen LogP contribution in [0.4, 0.5) is 0 Å². The number of carbonyl (C=O) groups excluding carboxylic acids is 1. The van der Waals surface area contributed by atoms with E-state index in [0.29, 0.717) is 19.1 Å². The van der Waals surface area contributed by atoms with Crippen molar-refractivity contribution < 1.29 is 14.3 Å². The molecule has 1 aliphatic heterocycles. The zero-order chi connectivity index (χ0) is 15.3. The third-order valence-electron chi connectivity index (χ3n) is 3.92. The Labute approximate surface area is 131 Å². The van der Waals surface area contributed by atoms with Gasteiger partial charge in [0.1, 0.15) is 0 Å². The molecular weight excluding hydrogens is 288 g/mol. The van der Waals surface area contributed by atoms with Crippen LogP contribution in [0.25, 0.3) is 0 Å². The van der Waals surface area contributed by atoms with Crippen LogP contribution in [0.3, 0.4) is 0 Å². The molecule has 116 valence electrons. The number of benzene rings is 1. The van der Waals surface area contributed by atoms with Crippen molar-refractivity contribution >= 4 is 17.6 Å². The van der Waals surface area contributed by atoms with E-state index in [1.807, 2.05) is 19.1 Å². The first kappa shape index (κ1) is 16.3. The monoisotopic (exact) mass is 310 g/mol. The molecule has 0 saturated carbocycles. The van der Waals surface area contributed by atoms with Crippen LogP contribution in [0, 0.1) is 5.92 Å². The van der Waals surface area contributed by atoms with Crippen LogP contribution in [0.2, 0.25) is 5.02 Å². The Balaban J connectivity index is 1.71. The SMILES string of the molecule is CCOC(=O)C1(CCCC(C)Cc2ccc(Cl)cc2)CO1. The number of carbonyl (C=O) groups is 1. The molecule has 1 saturated heterocycles. The molecule has 21 heavy (non-hydrogen) atoms. The van der Waals surface area contributed by atoms with E-state index < -0.39 is 5.60 Å². The summed E-state index contributed by atoms with van der Waals surface area (Å²) in [4.78, 5) is 11.8. The summed E-state index contributed by atoms with van der Waals surface area (Å²) in [6, 6.07) is 8.00. The maximum atomic E-state index is 11.8. The normalized spacial score (nSPS) is 21.9. The summed E-state index contributed by atoms with van der Waals surface area (Å²) in [6.45, 7) is 4.98. The second-order valence-electron chi connectivity index (χ2n) is 5.83. The number of hydrogen-bond acceptors (Lipinski definition) is 3. The molecule has 3 nitrogen and oxygen atoms in total. The van der Waals surface area contributed by atoms with E-state index in [4.69, 9.17) is 21.1 Å². The molecule has 1 aromatic carbocycles. The largest absolute Gasteiger partial charge is 0.464 e. The molecule has 1 heterocycles. The number of rotatable bonds is 8. The van der Waals surface area contributed by atoms with Crippen molar-refractivity contribution in [2.45, 2.75) is 45.1 Å². The van der Waals surface area contributed by atoms with E-state index in [1.54, 1.807) is 0 Å². The second-order valence-corrected chi connectivity index (χ2v) is 6.27. The van der Waals surface area contributed by atoms with Crippen molar-refractivity contribution in [3.8, 4) is 0 Å². The fourth-order valence-corrected chi connectivity index (χ4v) is 2.70. The van der Waals surface area contributed by atoms with Gasteiger partial charge in [0.05, 0.1) is 13.2 Å². The van der Waals surface area contributed by atoms with Gasteiger partial charge in [-0.25, -0.2) is 4.79 Å². The smallest absolute Gasteiger partial charge is 0.340 e. The standard InChI is InChI=1S/C17H23ClO3/c1-3-20-16(19)17(12-21-17)10-4-5-13(2)11-14-6-8-15(18)9-7-14/h6-9,13H,3-5,10-12H2,1-2H3. The molecule has 0 bridgehead atoms. The molecule has 0 N–H and O–H groups in total. The van der Waals surface area contributed by atoms with Crippen molar-refractivity contribution in [2.24, 2.45) is 5.92 Å².